The fraction of sp³-hybridized carbons (Fsp3) is 0.300. The molecule has 1 saturated heterocycles. The van der Waals surface area contributed by atoms with Crippen LogP contribution in [0, 0.1) is 11.6 Å². The fourth-order valence-electron chi connectivity index (χ4n) is 3.75. The molecular formula is C20H18Cl2F2N4O2. The van der Waals surface area contributed by atoms with Crippen molar-refractivity contribution in [3.8, 4) is 11.3 Å². The molecule has 0 bridgehead atoms. The average Bonchev–Trinajstić information content (AvgIpc) is 3.26. The molecule has 10 heteroatoms. The summed E-state index contributed by atoms with van der Waals surface area (Å²) >= 11 is 12.3. The van der Waals surface area contributed by atoms with Crippen LogP contribution in [0.5, 0.6) is 0 Å². The minimum Gasteiger partial charge on any atom is -0.439 e. The van der Waals surface area contributed by atoms with Crippen molar-refractivity contribution in [2.45, 2.75) is 18.4 Å². The van der Waals surface area contributed by atoms with Gasteiger partial charge in [0, 0.05) is 31.6 Å². The first-order valence-electron chi connectivity index (χ1n) is 9.29. The van der Waals surface area contributed by atoms with E-state index >= 15 is 0 Å². The molecule has 30 heavy (non-hydrogen) atoms. The van der Waals surface area contributed by atoms with Crippen LogP contribution in [0.2, 0.25) is 10.2 Å². The van der Waals surface area contributed by atoms with Crippen molar-refractivity contribution in [3.05, 3.63) is 63.7 Å². The lowest BCUT2D eigenvalue weighted by Gasteiger charge is -2.33. The number of nitrogens with zero attached hydrogens (tertiary/aromatic N) is 2. The van der Waals surface area contributed by atoms with Gasteiger partial charge < -0.3 is 15.1 Å². The van der Waals surface area contributed by atoms with E-state index in [1.807, 2.05) is 0 Å². The Labute approximate surface area is 181 Å². The Morgan fingerprint density at radius 2 is 2.10 bits per heavy atom. The number of furan rings is 1. The van der Waals surface area contributed by atoms with Gasteiger partial charge in [-0.1, -0.05) is 17.7 Å². The van der Waals surface area contributed by atoms with Crippen molar-refractivity contribution in [2.75, 3.05) is 13.1 Å². The highest BCUT2D eigenvalue weighted by Gasteiger charge is 2.30. The quantitative estimate of drug-likeness (QED) is 0.621. The van der Waals surface area contributed by atoms with E-state index in [0.717, 1.165) is 6.07 Å². The summed E-state index contributed by atoms with van der Waals surface area (Å²) in [5.74, 6) is -2.45. The number of aromatic nitrogens is 2. The Morgan fingerprint density at radius 1 is 1.30 bits per heavy atom. The first kappa shape index (κ1) is 20.8. The molecule has 2 N–H and O–H groups in total. The molecule has 3 heterocycles. The predicted octanol–water partition coefficient (Wildman–Crippen LogP) is 4.14. The lowest BCUT2D eigenvalue weighted by atomic mass is 9.86. The summed E-state index contributed by atoms with van der Waals surface area (Å²) in [5, 5.41) is 10.6. The first-order valence-corrected chi connectivity index (χ1v) is 10.0. The van der Waals surface area contributed by atoms with Crippen LogP contribution in [0.25, 0.3) is 11.3 Å². The van der Waals surface area contributed by atoms with Crippen LogP contribution >= 0.6 is 23.2 Å². The monoisotopic (exact) mass is 454 g/mol. The standard InChI is InChI=1S/C20H18Cl2F2N4O2/c1-28-18(13(21)8-26-28)12-7-17(30-19(12)22)20(29)27-16-9-25-5-4-11(16)10-2-3-14(23)15(24)6-10/h2-3,6-8,11,16,25H,4-5,9H2,1H3,(H,27,29)/t11-,16+/m0/s1. The zero-order chi connectivity index (χ0) is 21.4. The van der Waals surface area contributed by atoms with Gasteiger partial charge in [-0.05, 0) is 42.3 Å². The molecule has 1 aromatic carbocycles. The number of hydrogen-bond acceptors (Lipinski definition) is 4. The Hall–Kier alpha value is -2.42. The smallest absolute Gasteiger partial charge is 0.287 e. The number of carbonyl (C=O) groups is 1. The SMILES string of the molecule is Cn1ncc(Cl)c1-c1cc(C(=O)N[C@@H]2CNCC[C@H]2c2ccc(F)c(F)c2)oc1Cl. The van der Waals surface area contributed by atoms with E-state index in [1.54, 1.807) is 13.1 Å². The van der Waals surface area contributed by atoms with E-state index in [9.17, 15) is 13.6 Å². The summed E-state index contributed by atoms with van der Waals surface area (Å²) < 4.78 is 34.0. The summed E-state index contributed by atoms with van der Waals surface area (Å²) in [4.78, 5) is 12.8. The van der Waals surface area contributed by atoms with Gasteiger partial charge >= 0.3 is 0 Å². The number of carbonyl (C=O) groups excluding carboxylic acids is 1. The molecule has 0 aliphatic carbocycles. The van der Waals surface area contributed by atoms with E-state index in [1.165, 1.54) is 23.0 Å². The van der Waals surface area contributed by atoms with Gasteiger partial charge in [0.05, 0.1) is 22.5 Å². The number of amides is 1. The van der Waals surface area contributed by atoms with Crippen molar-refractivity contribution >= 4 is 29.1 Å². The van der Waals surface area contributed by atoms with Crippen LogP contribution in [0.4, 0.5) is 8.78 Å². The molecule has 0 unspecified atom stereocenters. The Morgan fingerprint density at radius 3 is 2.80 bits per heavy atom. The van der Waals surface area contributed by atoms with E-state index in [0.29, 0.717) is 41.4 Å². The summed E-state index contributed by atoms with van der Waals surface area (Å²) in [6.45, 7) is 1.18. The Balaban J connectivity index is 1.56. The molecule has 4 rings (SSSR count). The first-order chi connectivity index (χ1) is 14.3. The van der Waals surface area contributed by atoms with Crippen LogP contribution in [-0.2, 0) is 7.05 Å². The van der Waals surface area contributed by atoms with E-state index in [4.69, 9.17) is 27.6 Å². The van der Waals surface area contributed by atoms with Crippen molar-refractivity contribution in [2.24, 2.45) is 7.05 Å². The number of nitrogens with one attached hydrogen (secondary N) is 2. The van der Waals surface area contributed by atoms with Crippen molar-refractivity contribution in [1.82, 2.24) is 20.4 Å². The van der Waals surface area contributed by atoms with E-state index in [2.05, 4.69) is 15.7 Å². The van der Waals surface area contributed by atoms with E-state index < -0.39 is 17.5 Å². The van der Waals surface area contributed by atoms with Crippen LogP contribution in [0.15, 0.2) is 34.9 Å². The highest BCUT2D eigenvalue weighted by molar-refractivity contribution is 6.35. The third-order valence-corrected chi connectivity index (χ3v) is 5.79. The van der Waals surface area contributed by atoms with Gasteiger partial charge in [-0.15, -0.1) is 0 Å². The summed E-state index contributed by atoms with van der Waals surface area (Å²) in [6.07, 6.45) is 2.13. The van der Waals surface area contributed by atoms with Crippen LogP contribution in [0.3, 0.4) is 0 Å². The fourth-order valence-corrected chi connectivity index (χ4v) is 4.24. The molecule has 0 radical (unpaired) electrons. The number of halogens is 4. The summed E-state index contributed by atoms with van der Waals surface area (Å²) in [7, 11) is 1.70. The highest BCUT2D eigenvalue weighted by atomic mass is 35.5. The Bertz CT molecular complexity index is 1080. The van der Waals surface area contributed by atoms with Crippen LogP contribution < -0.4 is 10.6 Å². The summed E-state index contributed by atoms with van der Waals surface area (Å²) in [5.41, 5.74) is 1.61. The number of piperidine rings is 1. The zero-order valence-electron chi connectivity index (χ0n) is 15.9. The van der Waals surface area contributed by atoms with Crippen molar-refractivity contribution in [3.63, 3.8) is 0 Å². The zero-order valence-corrected chi connectivity index (χ0v) is 17.4. The molecule has 0 saturated carbocycles. The maximum absolute atomic E-state index is 13.7. The molecule has 2 aromatic heterocycles. The van der Waals surface area contributed by atoms with Gasteiger partial charge in [-0.25, -0.2) is 8.78 Å². The molecule has 3 aromatic rings. The molecular weight excluding hydrogens is 437 g/mol. The molecule has 1 amide bonds. The molecule has 1 fully saturated rings. The maximum atomic E-state index is 13.7. The molecule has 0 spiro atoms. The predicted molar refractivity (Wildman–Crippen MR) is 109 cm³/mol. The molecule has 1 aliphatic heterocycles. The van der Waals surface area contributed by atoms with Crippen molar-refractivity contribution < 1.29 is 18.0 Å². The molecule has 6 nitrogen and oxygen atoms in total. The van der Waals surface area contributed by atoms with Crippen molar-refractivity contribution in [1.29, 1.82) is 0 Å². The van der Waals surface area contributed by atoms with Gasteiger partial charge in [0.1, 0.15) is 0 Å². The normalized spacial score (nSPS) is 19.1. The lowest BCUT2D eigenvalue weighted by Crippen LogP contribution is -2.50. The van der Waals surface area contributed by atoms with Gasteiger partial charge in [-0.2, -0.15) is 5.10 Å². The maximum Gasteiger partial charge on any atom is 0.287 e. The summed E-state index contributed by atoms with van der Waals surface area (Å²) in [6, 6.07) is 4.98. The second-order valence-corrected chi connectivity index (χ2v) is 7.87. The molecule has 158 valence electrons. The van der Waals surface area contributed by atoms with Gasteiger partial charge in [-0.3, -0.25) is 9.48 Å². The minimum atomic E-state index is -0.911. The number of hydrogen-bond donors (Lipinski definition) is 2. The Kier molecular flexibility index (Phi) is 5.81. The molecule has 1 aliphatic rings. The highest BCUT2D eigenvalue weighted by Crippen LogP contribution is 2.35. The third kappa shape index (κ3) is 3.95. The largest absolute Gasteiger partial charge is 0.439 e. The second kappa shape index (κ2) is 8.37. The van der Waals surface area contributed by atoms with Gasteiger partial charge in [0.15, 0.2) is 17.4 Å². The van der Waals surface area contributed by atoms with E-state index in [-0.39, 0.29) is 22.9 Å². The third-order valence-electron chi connectivity index (χ3n) is 5.23. The topological polar surface area (TPSA) is 72.1 Å². The lowest BCUT2D eigenvalue weighted by molar-refractivity contribution is 0.0896. The van der Waals surface area contributed by atoms with Crippen LogP contribution in [0.1, 0.15) is 28.5 Å². The van der Waals surface area contributed by atoms with Gasteiger partial charge in [0.25, 0.3) is 5.91 Å². The average molecular weight is 455 g/mol. The minimum absolute atomic E-state index is 0.0156. The second-order valence-electron chi connectivity index (χ2n) is 7.12. The van der Waals surface area contributed by atoms with Crippen LogP contribution in [-0.4, -0.2) is 34.8 Å². The van der Waals surface area contributed by atoms with Gasteiger partial charge in [0.2, 0.25) is 5.22 Å². The number of aryl methyl sites for hydroxylation is 1. The number of rotatable bonds is 4. The molecule has 2 atom stereocenters. The number of benzene rings is 1.